The van der Waals surface area contributed by atoms with Crippen molar-refractivity contribution in [3.63, 3.8) is 0 Å². The molecule has 0 fully saturated rings. The second-order valence-corrected chi connectivity index (χ2v) is 6.44. The number of nitrogens with one attached hydrogen (secondary N) is 1. The molecule has 0 bridgehead atoms. The van der Waals surface area contributed by atoms with Gasteiger partial charge >= 0.3 is 0 Å². The molecule has 0 atom stereocenters. The summed E-state index contributed by atoms with van der Waals surface area (Å²) in [4.78, 5) is 0. The fourth-order valence-electron chi connectivity index (χ4n) is 2.61. The number of hydrogen-bond acceptors (Lipinski definition) is 3. The first kappa shape index (κ1) is 17.3. The molecule has 0 saturated carbocycles. The smallest absolute Gasteiger partial charge is 0.118 e. The third kappa shape index (κ3) is 3.95. The molecule has 2 N–H and O–H groups in total. The Bertz CT molecular complexity index is 938. The Hall–Kier alpha value is -2.49. The van der Waals surface area contributed by atoms with Crippen molar-refractivity contribution in [3.05, 3.63) is 93.5 Å². The lowest BCUT2D eigenvalue weighted by atomic mass is 9.98. The molecular formula is C20H16Cl2N2O. The molecule has 0 aliphatic rings. The van der Waals surface area contributed by atoms with Crippen LogP contribution in [0, 0.1) is 6.92 Å². The molecule has 0 unspecified atom stereocenters. The average molecular weight is 371 g/mol. The van der Waals surface area contributed by atoms with Crippen molar-refractivity contribution in [3.8, 4) is 0 Å². The first-order valence-corrected chi connectivity index (χ1v) is 8.44. The van der Waals surface area contributed by atoms with Gasteiger partial charge in [0.15, 0.2) is 0 Å². The van der Waals surface area contributed by atoms with Gasteiger partial charge < -0.3 is 10.5 Å². The zero-order valence-corrected chi connectivity index (χ0v) is 15.0. The molecule has 0 aliphatic carbocycles. The Labute approximate surface area is 156 Å². The van der Waals surface area contributed by atoms with Gasteiger partial charge in [-0.25, -0.2) is 0 Å². The van der Waals surface area contributed by atoms with Crippen LogP contribution < -0.4 is 5.32 Å². The molecule has 0 aromatic heterocycles. The maximum absolute atomic E-state index is 9.52. The minimum Gasteiger partial charge on any atom is -0.410 e. The van der Waals surface area contributed by atoms with Crippen LogP contribution in [0.4, 0.5) is 11.4 Å². The normalized spacial score (nSPS) is 11.4. The van der Waals surface area contributed by atoms with Crippen molar-refractivity contribution in [1.82, 2.24) is 0 Å². The largest absolute Gasteiger partial charge is 0.410 e. The topological polar surface area (TPSA) is 44.6 Å². The van der Waals surface area contributed by atoms with E-state index in [1.165, 1.54) is 0 Å². The summed E-state index contributed by atoms with van der Waals surface area (Å²) in [7, 11) is 0. The van der Waals surface area contributed by atoms with Crippen molar-refractivity contribution in [2.24, 2.45) is 5.16 Å². The minimum absolute atomic E-state index is 0.442. The van der Waals surface area contributed by atoms with Crippen LogP contribution in [-0.4, -0.2) is 10.9 Å². The highest BCUT2D eigenvalue weighted by Crippen LogP contribution is 2.27. The molecule has 5 heteroatoms. The van der Waals surface area contributed by atoms with Gasteiger partial charge in [-0.05, 0) is 48.9 Å². The van der Waals surface area contributed by atoms with E-state index in [1.54, 1.807) is 6.07 Å². The molecule has 0 aliphatic heterocycles. The first-order chi connectivity index (χ1) is 12.1. The SMILES string of the molecule is Cc1ccccc1/C(=N/O)c1ccc(Nc2cccc(Cl)c2)cc1Cl. The number of halogens is 2. The number of rotatable bonds is 4. The van der Waals surface area contributed by atoms with E-state index in [1.807, 2.05) is 67.6 Å². The number of nitrogens with zero attached hydrogens (tertiary/aromatic N) is 1. The number of hydrogen-bond donors (Lipinski definition) is 2. The van der Waals surface area contributed by atoms with Gasteiger partial charge in [-0.1, -0.05) is 58.7 Å². The lowest BCUT2D eigenvalue weighted by molar-refractivity contribution is 0.319. The van der Waals surface area contributed by atoms with Crippen LogP contribution in [0.2, 0.25) is 10.0 Å². The van der Waals surface area contributed by atoms with Crippen LogP contribution in [-0.2, 0) is 0 Å². The standard InChI is InChI=1S/C20H16Cl2N2O/c1-13-5-2-3-8-17(13)20(24-25)18-10-9-16(12-19(18)22)23-15-7-4-6-14(21)11-15/h2-12,23,25H,1H3/b24-20-. The van der Waals surface area contributed by atoms with E-state index in [9.17, 15) is 5.21 Å². The fourth-order valence-corrected chi connectivity index (χ4v) is 3.07. The lowest BCUT2D eigenvalue weighted by Gasteiger charge is -2.12. The van der Waals surface area contributed by atoms with E-state index in [0.29, 0.717) is 21.3 Å². The Kier molecular flexibility index (Phi) is 5.27. The summed E-state index contributed by atoms with van der Waals surface area (Å²) >= 11 is 12.4. The zero-order valence-electron chi connectivity index (χ0n) is 13.5. The lowest BCUT2D eigenvalue weighted by Crippen LogP contribution is -2.06. The monoisotopic (exact) mass is 370 g/mol. The van der Waals surface area contributed by atoms with Gasteiger partial charge in [0.25, 0.3) is 0 Å². The van der Waals surface area contributed by atoms with Crippen LogP contribution in [0.15, 0.2) is 71.9 Å². The molecule has 0 radical (unpaired) electrons. The quantitative estimate of drug-likeness (QED) is 0.322. The second kappa shape index (κ2) is 7.60. The Morgan fingerprint density at radius 2 is 1.64 bits per heavy atom. The van der Waals surface area contributed by atoms with Crippen molar-refractivity contribution >= 4 is 40.3 Å². The molecule has 126 valence electrons. The van der Waals surface area contributed by atoms with E-state index >= 15 is 0 Å². The Morgan fingerprint density at radius 3 is 2.32 bits per heavy atom. The number of benzene rings is 3. The highest BCUT2D eigenvalue weighted by atomic mass is 35.5. The van der Waals surface area contributed by atoms with Gasteiger partial charge in [0, 0.05) is 27.5 Å². The average Bonchev–Trinajstić information content (AvgIpc) is 2.59. The molecule has 0 saturated heterocycles. The predicted molar refractivity (Wildman–Crippen MR) is 105 cm³/mol. The highest BCUT2D eigenvalue weighted by molar-refractivity contribution is 6.35. The van der Waals surface area contributed by atoms with E-state index in [4.69, 9.17) is 23.2 Å². The van der Waals surface area contributed by atoms with Gasteiger partial charge in [-0.3, -0.25) is 0 Å². The van der Waals surface area contributed by atoms with Gasteiger partial charge in [-0.15, -0.1) is 0 Å². The molecule has 25 heavy (non-hydrogen) atoms. The summed E-state index contributed by atoms with van der Waals surface area (Å²) in [6.07, 6.45) is 0. The Morgan fingerprint density at radius 1 is 0.880 bits per heavy atom. The van der Waals surface area contributed by atoms with Gasteiger partial charge in [0.1, 0.15) is 5.71 Å². The molecule has 3 aromatic rings. The van der Waals surface area contributed by atoms with Gasteiger partial charge in [0.2, 0.25) is 0 Å². The third-order valence-corrected chi connectivity index (χ3v) is 4.39. The minimum atomic E-state index is 0.442. The van der Waals surface area contributed by atoms with E-state index in [2.05, 4.69) is 10.5 Å². The summed E-state index contributed by atoms with van der Waals surface area (Å²) in [5.74, 6) is 0. The molecule has 0 heterocycles. The van der Waals surface area contributed by atoms with Crippen molar-refractivity contribution in [1.29, 1.82) is 0 Å². The van der Waals surface area contributed by atoms with Crippen LogP contribution in [0.1, 0.15) is 16.7 Å². The Balaban J connectivity index is 1.93. The second-order valence-electron chi connectivity index (χ2n) is 5.59. The maximum Gasteiger partial charge on any atom is 0.118 e. The molecule has 3 rings (SSSR count). The number of anilines is 2. The zero-order chi connectivity index (χ0) is 17.8. The van der Waals surface area contributed by atoms with Crippen LogP contribution in [0.5, 0.6) is 0 Å². The van der Waals surface area contributed by atoms with Crippen LogP contribution in [0.25, 0.3) is 0 Å². The van der Waals surface area contributed by atoms with Gasteiger partial charge in [-0.2, -0.15) is 0 Å². The molecule has 3 aromatic carbocycles. The number of oxime groups is 1. The third-order valence-electron chi connectivity index (χ3n) is 3.84. The predicted octanol–water partition coefficient (Wildman–Crippen LogP) is 6.27. The van der Waals surface area contributed by atoms with Crippen LogP contribution >= 0.6 is 23.2 Å². The van der Waals surface area contributed by atoms with Crippen molar-refractivity contribution in [2.45, 2.75) is 6.92 Å². The summed E-state index contributed by atoms with van der Waals surface area (Å²) in [6.45, 7) is 1.96. The summed E-state index contributed by atoms with van der Waals surface area (Å²) in [6, 6.07) is 20.6. The summed E-state index contributed by atoms with van der Waals surface area (Å²) in [5.41, 5.74) is 4.63. The van der Waals surface area contributed by atoms with E-state index in [0.717, 1.165) is 22.5 Å². The fraction of sp³-hybridized carbons (Fsp3) is 0.0500. The first-order valence-electron chi connectivity index (χ1n) is 7.69. The van der Waals surface area contributed by atoms with E-state index < -0.39 is 0 Å². The van der Waals surface area contributed by atoms with Gasteiger partial charge in [0.05, 0.1) is 5.02 Å². The molecule has 0 amide bonds. The molecule has 0 spiro atoms. The number of aryl methyl sites for hydroxylation is 1. The maximum atomic E-state index is 9.52. The summed E-state index contributed by atoms with van der Waals surface area (Å²) in [5, 5.41) is 17.4. The van der Waals surface area contributed by atoms with Crippen molar-refractivity contribution < 1.29 is 5.21 Å². The molecular weight excluding hydrogens is 355 g/mol. The molecule has 3 nitrogen and oxygen atoms in total. The van der Waals surface area contributed by atoms with Crippen molar-refractivity contribution in [2.75, 3.05) is 5.32 Å². The summed E-state index contributed by atoms with van der Waals surface area (Å²) < 4.78 is 0. The highest BCUT2D eigenvalue weighted by Gasteiger charge is 2.14. The van der Waals surface area contributed by atoms with Crippen LogP contribution in [0.3, 0.4) is 0 Å². The van der Waals surface area contributed by atoms with E-state index in [-0.39, 0.29) is 0 Å².